The molecule has 16 nitrogen and oxygen atoms in total. The zero-order valence-electron chi connectivity index (χ0n) is 37.5. The molecule has 2 bridgehead atoms. The molecule has 4 heterocycles. The summed E-state index contributed by atoms with van der Waals surface area (Å²) in [5, 5.41) is 31.2. The van der Waals surface area contributed by atoms with E-state index in [1.165, 1.54) is 32.1 Å². The van der Waals surface area contributed by atoms with E-state index < -0.39 is 77.3 Å². The van der Waals surface area contributed by atoms with Gasteiger partial charge in [-0.3, -0.25) is 19.2 Å². The topological polar surface area (TPSA) is 204 Å². The van der Waals surface area contributed by atoms with Gasteiger partial charge >= 0.3 is 5.97 Å². The number of nitrogens with zero attached hydrogens (tertiary/aromatic N) is 3. The van der Waals surface area contributed by atoms with Crippen LogP contribution >= 0.6 is 11.3 Å². The fraction of sp³-hybridized carbons (Fsp3) is 0.644. The highest BCUT2D eigenvalue weighted by Gasteiger charge is 2.51. The van der Waals surface area contributed by atoms with Crippen LogP contribution in [0.2, 0.25) is 0 Å². The molecule has 3 aliphatic rings. The number of para-hydroxylation sites is 1. The van der Waals surface area contributed by atoms with Gasteiger partial charge in [0.25, 0.3) is 5.91 Å². The van der Waals surface area contributed by atoms with Crippen LogP contribution in [0.25, 0.3) is 0 Å². The molecule has 0 unspecified atom stereocenters. The molecule has 2 amide bonds. The summed E-state index contributed by atoms with van der Waals surface area (Å²) < 4.78 is 32.2. The number of amides is 2. The molecule has 3 saturated heterocycles. The van der Waals surface area contributed by atoms with Crippen LogP contribution in [0.4, 0.5) is 5.69 Å². The Labute approximate surface area is 368 Å². The summed E-state index contributed by atoms with van der Waals surface area (Å²) in [4.78, 5) is 67.3. The number of fused-ring (bicyclic) bond motifs is 5. The number of nitrogens with one attached hydrogen (secondary N) is 1. The van der Waals surface area contributed by atoms with Crippen molar-refractivity contribution in [1.29, 1.82) is 0 Å². The summed E-state index contributed by atoms with van der Waals surface area (Å²) in [6.07, 6.45) is -5.25. The van der Waals surface area contributed by atoms with Crippen molar-refractivity contribution in [2.45, 2.75) is 142 Å². The predicted molar refractivity (Wildman–Crippen MR) is 233 cm³/mol. The zero-order chi connectivity index (χ0) is 45.5. The van der Waals surface area contributed by atoms with Crippen molar-refractivity contribution in [1.82, 2.24) is 4.90 Å². The smallest absolute Gasteiger partial charge is 0.316 e. The lowest BCUT2D eigenvalue weighted by Crippen LogP contribution is -2.59. The average molecular weight is 885 g/mol. The van der Waals surface area contributed by atoms with Gasteiger partial charge in [-0.1, -0.05) is 44.1 Å². The number of ether oxygens (including phenoxy) is 5. The minimum Gasteiger partial charge on any atom is -0.459 e. The Hall–Kier alpha value is -3.94. The van der Waals surface area contributed by atoms with E-state index in [0.29, 0.717) is 27.6 Å². The Balaban J connectivity index is 1.57. The van der Waals surface area contributed by atoms with E-state index in [1.807, 2.05) is 51.0 Å². The number of likely N-dealkylation sites (N-methyl/N-ethyl adjacent to an activating group) is 1. The third-order valence-electron chi connectivity index (χ3n) is 12.1. The number of Topliss-reactive ketones (excluding diaryl/α,β-unsaturated/α-hetero) is 1. The van der Waals surface area contributed by atoms with Crippen LogP contribution in [0, 0.1) is 17.8 Å². The number of thiophene rings is 1. The number of ketones is 1. The van der Waals surface area contributed by atoms with Crippen LogP contribution in [0.15, 0.2) is 52.6 Å². The third-order valence-corrected chi connectivity index (χ3v) is 13.1. The number of rotatable bonds is 9. The number of esters is 1. The Morgan fingerprint density at radius 2 is 1.76 bits per heavy atom. The maximum absolute atomic E-state index is 14.5. The van der Waals surface area contributed by atoms with Crippen LogP contribution in [-0.2, 0) is 49.5 Å². The average Bonchev–Trinajstić information content (AvgIpc) is 3.69. The first-order chi connectivity index (χ1) is 29.2. The molecule has 12 atom stereocenters. The molecule has 3 N–H and O–H groups in total. The predicted octanol–water partition coefficient (Wildman–Crippen LogP) is 5.19. The molecule has 3 aliphatic heterocycles. The van der Waals surface area contributed by atoms with E-state index in [0.717, 1.165) is 0 Å². The van der Waals surface area contributed by atoms with Crippen molar-refractivity contribution in [2.24, 2.45) is 27.9 Å². The summed E-state index contributed by atoms with van der Waals surface area (Å²) in [5.41, 5.74) is -1.95. The number of aliphatic hydroxyl groups excluding tert-OH is 1. The van der Waals surface area contributed by atoms with Crippen LogP contribution in [0.1, 0.15) is 95.6 Å². The largest absolute Gasteiger partial charge is 0.459 e. The van der Waals surface area contributed by atoms with Gasteiger partial charge in [0, 0.05) is 41.6 Å². The molecule has 0 radical (unpaired) electrons. The van der Waals surface area contributed by atoms with Crippen molar-refractivity contribution in [3.63, 3.8) is 0 Å². The number of hydrogen-bond acceptors (Lipinski definition) is 15. The molecule has 0 saturated carbocycles. The van der Waals surface area contributed by atoms with Crippen molar-refractivity contribution >= 4 is 52.0 Å². The summed E-state index contributed by atoms with van der Waals surface area (Å²) in [6, 6.07) is 12.3. The number of carbonyl (C=O) groups excluding carboxylic acids is 4. The Kier molecular flexibility index (Phi) is 16.8. The number of aliphatic imine (C=N–C) groups is 1. The highest BCUT2D eigenvalue weighted by molar-refractivity contribution is 7.14. The van der Waals surface area contributed by atoms with E-state index in [2.05, 4.69) is 15.5 Å². The zero-order valence-corrected chi connectivity index (χ0v) is 38.3. The van der Waals surface area contributed by atoms with Crippen molar-refractivity contribution in [2.75, 3.05) is 32.6 Å². The molecular formula is C45H64N4O12S. The highest BCUT2D eigenvalue weighted by atomic mass is 32.1. The molecule has 0 aliphatic carbocycles. The first-order valence-corrected chi connectivity index (χ1v) is 22.1. The van der Waals surface area contributed by atoms with Crippen LogP contribution in [0.3, 0.4) is 0 Å². The van der Waals surface area contributed by atoms with Crippen LogP contribution in [0.5, 0.6) is 0 Å². The van der Waals surface area contributed by atoms with Gasteiger partial charge in [-0.25, -0.2) is 4.99 Å². The monoisotopic (exact) mass is 884 g/mol. The van der Waals surface area contributed by atoms with Gasteiger partial charge in [0.1, 0.15) is 29.4 Å². The number of benzene rings is 1. The first-order valence-electron chi connectivity index (χ1n) is 21.3. The number of anilines is 1. The fourth-order valence-electron chi connectivity index (χ4n) is 8.50. The molecule has 5 rings (SSSR count). The number of carbonyl (C=O) groups is 4. The lowest BCUT2D eigenvalue weighted by molar-refractivity contribution is -0.296. The minimum atomic E-state index is -1.85. The van der Waals surface area contributed by atoms with Crippen LogP contribution in [-0.4, -0.2) is 131 Å². The summed E-state index contributed by atoms with van der Waals surface area (Å²) >= 11 is 1.25. The summed E-state index contributed by atoms with van der Waals surface area (Å²) in [5.74, 6) is -4.93. The van der Waals surface area contributed by atoms with Gasteiger partial charge in [-0.15, -0.1) is 11.3 Å². The lowest BCUT2D eigenvalue weighted by atomic mass is 9.76. The maximum atomic E-state index is 14.5. The second kappa shape index (κ2) is 21.2. The number of oxime groups is 1. The molecule has 3 fully saturated rings. The van der Waals surface area contributed by atoms with Crippen LogP contribution < -0.4 is 5.32 Å². The van der Waals surface area contributed by atoms with E-state index in [1.54, 1.807) is 45.0 Å². The quantitative estimate of drug-likeness (QED) is 0.169. The second-order valence-corrected chi connectivity index (χ2v) is 18.6. The van der Waals surface area contributed by atoms with Gasteiger partial charge in [0.15, 0.2) is 18.7 Å². The van der Waals surface area contributed by atoms with Gasteiger partial charge in [0.05, 0.1) is 42.0 Å². The van der Waals surface area contributed by atoms with E-state index in [4.69, 9.17) is 28.5 Å². The molecular weight excluding hydrogens is 821 g/mol. The fourth-order valence-corrected chi connectivity index (χ4v) is 9.31. The van der Waals surface area contributed by atoms with Gasteiger partial charge in [-0.05, 0) is 91.2 Å². The minimum absolute atomic E-state index is 0.00278. The van der Waals surface area contributed by atoms with Gasteiger partial charge in [0.2, 0.25) is 5.91 Å². The molecule has 342 valence electrons. The molecule has 1 aromatic carbocycles. The first kappa shape index (κ1) is 49.1. The van der Waals surface area contributed by atoms with Crippen molar-refractivity contribution in [3.8, 4) is 0 Å². The van der Waals surface area contributed by atoms with E-state index >= 15 is 0 Å². The molecule has 62 heavy (non-hydrogen) atoms. The SMILES string of the molecule is CC[C@@H]1OC(=O)[C@H](C)C(=O)[C@H](C)[C@@H](O[C@@H]2O[C@H](C)C[C@H](N(C)C)[C@H]2O)[C@@]2(C)C[C@@H](C)C(=NC(C)=O)C[C@H](OC/C(=N/OCc3ccc(C(=O)Nc4ccccc4)s3)CO2)[C@]1(C)O. The summed E-state index contributed by atoms with van der Waals surface area (Å²) in [6.45, 7) is 12.7. The van der Waals surface area contributed by atoms with E-state index in [9.17, 15) is 29.4 Å². The number of aliphatic hydroxyl groups is 2. The highest BCUT2D eigenvalue weighted by Crippen LogP contribution is 2.39. The third kappa shape index (κ3) is 12.0. The van der Waals surface area contributed by atoms with Crippen molar-refractivity contribution in [3.05, 3.63) is 52.2 Å². The van der Waals surface area contributed by atoms with Gasteiger partial charge < -0.3 is 49.0 Å². The number of cyclic esters (lactones) is 1. The normalized spacial score (nSPS) is 35.4. The maximum Gasteiger partial charge on any atom is 0.316 e. The Bertz CT molecular complexity index is 1940. The Morgan fingerprint density at radius 3 is 2.42 bits per heavy atom. The standard InChI is InChI=1S/C45H64N4O12S/c1-11-36-45(8,55)37-20-33(46-29(6)50)25(2)21-44(7,40(27(4)38(51)28(5)42(54)60-36)61-43-39(52)34(49(9)10)19-26(3)59-43)57-23-31(22-56-37)48-58-24-32-17-18-35(62-32)41(53)47-30-15-13-12-14-16-30/h12-18,25-28,34,36-37,39-40,43,52,55H,11,19-24H2,1-10H3,(H,47,53)/b46-33?,48-31-/t25-,26-,27+,28-,34+,36+,37+,39-,40-,43+,44-,45-/m1/s1. The van der Waals surface area contributed by atoms with Gasteiger partial charge in [-0.2, -0.15) is 0 Å². The summed E-state index contributed by atoms with van der Waals surface area (Å²) in [7, 11) is 3.71. The Morgan fingerprint density at radius 1 is 1.05 bits per heavy atom. The number of hydrogen-bond donors (Lipinski definition) is 3. The van der Waals surface area contributed by atoms with Crippen molar-refractivity contribution < 1.29 is 57.9 Å². The van der Waals surface area contributed by atoms with E-state index in [-0.39, 0.29) is 62.8 Å². The lowest BCUT2D eigenvalue weighted by Gasteiger charge is -2.47. The molecule has 2 aromatic rings. The molecule has 0 spiro atoms. The molecule has 17 heteroatoms. The second-order valence-electron chi connectivity index (χ2n) is 17.5. The molecule has 1 aromatic heterocycles.